The summed E-state index contributed by atoms with van der Waals surface area (Å²) in [7, 11) is 0. The van der Waals surface area contributed by atoms with E-state index in [1.807, 2.05) is 0 Å². The predicted octanol–water partition coefficient (Wildman–Crippen LogP) is 3.20. The van der Waals surface area contributed by atoms with Gasteiger partial charge in [0.25, 0.3) is 5.24 Å². The van der Waals surface area contributed by atoms with Crippen molar-refractivity contribution in [3.63, 3.8) is 0 Å². The SMILES string of the molecule is O=C(CN1CCSC1=O)Nc1nc(-c2cc(F)ccc2F)cs1. The van der Waals surface area contributed by atoms with Crippen LogP contribution in [0.4, 0.5) is 18.7 Å². The Morgan fingerprint density at radius 3 is 2.96 bits per heavy atom. The van der Waals surface area contributed by atoms with E-state index in [0.29, 0.717) is 12.3 Å². The van der Waals surface area contributed by atoms with E-state index in [0.717, 1.165) is 29.5 Å². The smallest absolute Gasteiger partial charge is 0.282 e. The second-order valence-electron chi connectivity index (χ2n) is 4.75. The Morgan fingerprint density at radius 2 is 2.22 bits per heavy atom. The van der Waals surface area contributed by atoms with Crippen molar-refractivity contribution in [1.82, 2.24) is 9.88 Å². The quantitative estimate of drug-likeness (QED) is 0.915. The van der Waals surface area contributed by atoms with E-state index < -0.39 is 11.6 Å². The molecule has 120 valence electrons. The second kappa shape index (κ2) is 6.63. The molecule has 1 aliphatic heterocycles. The van der Waals surface area contributed by atoms with Gasteiger partial charge in [0.15, 0.2) is 5.13 Å². The van der Waals surface area contributed by atoms with Crippen molar-refractivity contribution in [2.45, 2.75) is 0 Å². The first-order chi connectivity index (χ1) is 11.0. The first kappa shape index (κ1) is 15.9. The van der Waals surface area contributed by atoms with Gasteiger partial charge in [-0.05, 0) is 18.2 Å². The van der Waals surface area contributed by atoms with Gasteiger partial charge in [-0.3, -0.25) is 9.59 Å². The minimum Gasteiger partial charge on any atom is -0.323 e. The number of carbonyl (C=O) groups is 2. The molecule has 0 saturated carbocycles. The molecule has 1 aliphatic rings. The fraction of sp³-hybridized carbons (Fsp3) is 0.214. The Morgan fingerprint density at radius 1 is 1.39 bits per heavy atom. The molecule has 1 saturated heterocycles. The highest BCUT2D eigenvalue weighted by molar-refractivity contribution is 8.13. The highest BCUT2D eigenvalue weighted by Gasteiger charge is 2.23. The van der Waals surface area contributed by atoms with Crippen LogP contribution in [0, 0.1) is 11.6 Å². The number of hydrogen-bond donors (Lipinski definition) is 1. The molecule has 2 amide bonds. The van der Waals surface area contributed by atoms with Crippen molar-refractivity contribution < 1.29 is 18.4 Å². The molecule has 9 heteroatoms. The number of hydrogen-bond acceptors (Lipinski definition) is 5. The fourth-order valence-electron chi connectivity index (χ4n) is 2.05. The van der Waals surface area contributed by atoms with Gasteiger partial charge in [-0.25, -0.2) is 13.8 Å². The van der Waals surface area contributed by atoms with Gasteiger partial charge in [-0.2, -0.15) is 0 Å². The Kier molecular flexibility index (Phi) is 4.58. The molecule has 1 fully saturated rings. The normalized spacial score (nSPS) is 14.3. The minimum absolute atomic E-state index is 0.0351. The number of thiazole rings is 1. The largest absolute Gasteiger partial charge is 0.323 e. The van der Waals surface area contributed by atoms with Crippen LogP contribution in [-0.2, 0) is 4.79 Å². The molecule has 5 nitrogen and oxygen atoms in total. The lowest BCUT2D eigenvalue weighted by atomic mass is 10.1. The maximum atomic E-state index is 13.7. The van der Waals surface area contributed by atoms with Crippen LogP contribution in [0.2, 0.25) is 0 Å². The highest BCUT2D eigenvalue weighted by Crippen LogP contribution is 2.27. The zero-order valence-electron chi connectivity index (χ0n) is 11.7. The summed E-state index contributed by atoms with van der Waals surface area (Å²) < 4.78 is 26.9. The number of nitrogens with one attached hydrogen (secondary N) is 1. The zero-order valence-corrected chi connectivity index (χ0v) is 13.3. The monoisotopic (exact) mass is 355 g/mol. The minimum atomic E-state index is -0.589. The van der Waals surface area contributed by atoms with E-state index >= 15 is 0 Å². The molecular weight excluding hydrogens is 344 g/mol. The van der Waals surface area contributed by atoms with Crippen molar-refractivity contribution in [2.24, 2.45) is 0 Å². The summed E-state index contributed by atoms with van der Waals surface area (Å²) in [4.78, 5) is 28.9. The third-order valence-corrected chi connectivity index (χ3v) is 4.78. The number of amides is 2. The van der Waals surface area contributed by atoms with Gasteiger partial charge >= 0.3 is 0 Å². The maximum Gasteiger partial charge on any atom is 0.282 e. The lowest BCUT2D eigenvalue weighted by Gasteiger charge is -2.12. The molecule has 0 radical (unpaired) electrons. The van der Waals surface area contributed by atoms with E-state index in [-0.39, 0.29) is 34.1 Å². The van der Waals surface area contributed by atoms with E-state index in [4.69, 9.17) is 0 Å². The van der Waals surface area contributed by atoms with E-state index in [1.54, 1.807) is 0 Å². The van der Waals surface area contributed by atoms with Crippen LogP contribution in [0.15, 0.2) is 23.6 Å². The highest BCUT2D eigenvalue weighted by atomic mass is 32.2. The van der Waals surface area contributed by atoms with Crippen LogP contribution >= 0.6 is 23.1 Å². The van der Waals surface area contributed by atoms with E-state index in [1.165, 1.54) is 22.0 Å². The standard InChI is InChI=1S/C14H11F2N3O2S2/c15-8-1-2-10(16)9(5-8)11-7-23-13(17-11)18-12(20)6-19-3-4-22-14(19)21/h1-2,5,7H,3-4,6H2,(H,17,18,20). The second-order valence-corrected chi connectivity index (χ2v) is 6.65. The van der Waals surface area contributed by atoms with Crippen LogP contribution in [0.25, 0.3) is 11.3 Å². The molecular formula is C14H11F2N3O2S2. The Labute approximate surface area is 138 Å². The number of thioether (sulfide) groups is 1. The van der Waals surface area contributed by atoms with Crippen molar-refractivity contribution in [1.29, 1.82) is 0 Å². The third-order valence-electron chi connectivity index (χ3n) is 3.13. The van der Waals surface area contributed by atoms with Crippen molar-refractivity contribution in [3.8, 4) is 11.3 Å². The molecule has 3 rings (SSSR count). The fourth-order valence-corrected chi connectivity index (χ4v) is 3.60. The molecule has 1 N–H and O–H groups in total. The molecule has 2 heterocycles. The summed E-state index contributed by atoms with van der Waals surface area (Å²) in [6.07, 6.45) is 0. The summed E-state index contributed by atoms with van der Waals surface area (Å²) in [5.74, 6) is -0.854. The third kappa shape index (κ3) is 3.67. The molecule has 0 bridgehead atoms. The first-order valence-electron chi connectivity index (χ1n) is 6.65. The summed E-state index contributed by atoms with van der Waals surface area (Å²) in [5, 5.41) is 4.24. The first-order valence-corrected chi connectivity index (χ1v) is 8.52. The Hall–Kier alpha value is -2.00. The summed E-state index contributed by atoms with van der Waals surface area (Å²) in [6, 6.07) is 3.11. The van der Waals surface area contributed by atoms with Crippen LogP contribution < -0.4 is 5.32 Å². The molecule has 0 atom stereocenters. The van der Waals surface area contributed by atoms with Gasteiger partial charge in [0.2, 0.25) is 5.91 Å². The van der Waals surface area contributed by atoms with Crippen LogP contribution in [0.3, 0.4) is 0 Å². The van der Waals surface area contributed by atoms with Gasteiger partial charge in [-0.15, -0.1) is 11.3 Å². The lowest BCUT2D eigenvalue weighted by Crippen LogP contribution is -2.33. The topological polar surface area (TPSA) is 62.3 Å². The molecule has 23 heavy (non-hydrogen) atoms. The summed E-state index contributed by atoms with van der Waals surface area (Å²) in [6.45, 7) is 0.490. The maximum absolute atomic E-state index is 13.7. The van der Waals surface area contributed by atoms with Crippen LogP contribution in [0.5, 0.6) is 0 Å². The number of anilines is 1. The molecule has 2 aromatic rings. The molecule has 1 aromatic carbocycles. The van der Waals surface area contributed by atoms with Crippen LogP contribution in [-0.4, -0.2) is 39.9 Å². The Balaban J connectivity index is 1.68. The lowest BCUT2D eigenvalue weighted by molar-refractivity contribution is -0.116. The molecule has 0 spiro atoms. The van der Waals surface area contributed by atoms with Crippen LogP contribution in [0.1, 0.15) is 0 Å². The predicted molar refractivity (Wildman–Crippen MR) is 85.5 cm³/mol. The number of benzene rings is 1. The van der Waals surface area contributed by atoms with E-state index in [9.17, 15) is 18.4 Å². The number of rotatable bonds is 4. The molecule has 0 unspecified atom stereocenters. The summed E-state index contributed by atoms with van der Waals surface area (Å²) in [5.41, 5.74) is 0.281. The number of halogens is 2. The number of nitrogens with zero attached hydrogens (tertiary/aromatic N) is 2. The number of aromatic nitrogens is 1. The summed E-state index contributed by atoms with van der Waals surface area (Å²) >= 11 is 2.28. The Bertz CT molecular complexity index is 766. The zero-order chi connectivity index (χ0) is 16.4. The van der Waals surface area contributed by atoms with Crippen molar-refractivity contribution in [3.05, 3.63) is 35.2 Å². The number of carbonyl (C=O) groups excluding carboxylic acids is 2. The van der Waals surface area contributed by atoms with Crippen molar-refractivity contribution >= 4 is 39.4 Å². The van der Waals surface area contributed by atoms with Gasteiger partial charge < -0.3 is 10.2 Å². The van der Waals surface area contributed by atoms with Crippen molar-refractivity contribution in [2.75, 3.05) is 24.2 Å². The van der Waals surface area contributed by atoms with Gasteiger partial charge in [0.1, 0.15) is 18.2 Å². The average Bonchev–Trinajstić information content (AvgIpc) is 3.12. The van der Waals surface area contributed by atoms with E-state index in [2.05, 4.69) is 10.3 Å². The van der Waals surface area contributed by atoms with Gasteiger partial charge in [0.05, 0.1) is 5.69 Å². The average molecular weight is 355 g/mol. The van der Waals surface area contributed by atoms with Gasteiger partial charge in [-0.1, -0.05) is 11.8 Å². The molecule has 1 aromatic heterocycles. The van der Waals surface area contributed by atoms with Gasteiger partial charge in [0, 0.05) is 23.2 Å². The molecule has 0 aliphatic carbocycles.